The predicted molar refractivity (Wildman–Crippen MR) is 186 cm³/mol. The van der Waals surface area contributed by atoms with Gasteiger partial charge in [0, 0.05) is 17.0 Å². The molecule has 0 radical (unpaired) electrons. The van der Waals surface area contributed by atoms with Crippen molar-refractivity contribution >= 4 is 11.1 Å². The molecule has 7 rings (SSSR count). The van der Waals surface area contributed by atoms with Crippen LogP contribution in [0.15, 0.2) is 170 Å². The third kappa shape index (κ3) is 6.23. The Labute approximate surface area is 260 Å². The van der Waals surface area contributed by atoms with E-state index in [9.17, 15) is 0 Å². The smallest absolute Gasteiger partial charge is 0.0715 e. The molecule has 5 aromatic carbocycles. The lowest BCUT2D eigenvalue weighted by Crippen LogP contribution is -2.01. The molecule has 1 aromatic heterocycles. The lowest BCUT2D eigenvalue weighted by molar-refractivity contribution is 0.688. The van der Waals surface area contributed by atoms with Crippen LogP contribution in [0.4, 0.5) is 0 Å². The van der Waals surface area contributed by atoms with Gasteiger partial charge in [0.05, 0.1) is 11.4 Å². The zero-order valence-electron chi connectivity index (χ0n) is 24.8. The van der Waals surface area contributed by atoms with E-state index in [2.05, 4.69) is 170 Å². The maximum absolute atomic E-state index is 5.19. The first-order valence-electron chi connectivity index (χ1n) is 15.6. The SMILES string of the molecule is C1=C(c2ccccc2)\C=C(\c2cccc(-c3cc(-c4ccccc4)cc(-c4ccccc4)n3)c2)CCCC/1c1ccccc1. The van der Waals surface area contributed by atoms with E-state index in [1.165, 1.54) is 39.0 Å². The van der Waals surface area contributed by atoms with E-state index < -0.39 is 0 Å². The number of pyridine rings is 1. The molecule has 212 valence electrons. The maximum Gasteiger partial charge on any atom is 0.0715 e. The zero-order chi connectivity index (χ0) is 29.6. The van der Waals surface area contributed by atoms with Crippen LogP contribution in [0.3, 0.4) is 0 Å². The molecule has 1 heteroatoms. The molecule has 1 heterocycles. The van der Waals surface area contributed by atoms with Crippen molar-refractivity contribution < 1.29 is 0 Å². The number of benzene rings is 5. The Bertz CT molecular complexity index is 1850. The number of hydrogen-bond donors (Lipinski definition) is 0. The van der Waals surface area contributed by atoms with Crippen LogP contribution in [0.1, 0.15) is 41.9 Å². The van der Waals surface area contributed by atoms with Crippen LogP contribution in [0.5, 0.6) is 0 Å². The normalized spacial score (nSPS) is 17.4. The highest BCUT2D eigenvalue weighted by Gasteiger charge is 2.16. The van der Waals surface area contributed by atoms with Crippen LogP contribution in [0.25, 0.3) is 44.8 Å². The summed E-state index contributed by atoms with van der Waals surface area (Å²) in [5.74, 6) is 0.400. The maximum atomic E-state index is 5.19. The molecule has 1 aliphatic carbocycles. The largest absolute Gasteiger partial charge is 0.248 e. The molecule has 1 unspecified atom stereocenters. The Balaban J connectivity index is 1.31. The Morgan fingerprint density at radius 1 is 0.455 bits per heavy atom. The van der Waals surface area contributed by atoms with Gasteiger partial charge in [0.25, 0.3) is 0 Å². The number of hydrogen-bond acceptors (Lipinski definition) is 1. The lowest BCUT2D eigenvalue weighted by Gasteiger charge is -2.20. The van der Waals surface area contributed by atoms with E-state index in [1.54, 1.807) is 0 Å². The first kappa shape index (κ1) is 27.6. The number of rotatable bonds is 6. The van der Waals surface area contributed by atoms with Gasteiger partial charge in [0.15, 0.2) is 0 Å². The van der Waals surface area contributed by atoms with Gasteiger partial charge in [0.2, 0.25) is 0 Å². The van der Waals surface area contributed by atoms with Crippen LogP contribution in [-0.2, 0) is 0 Å². The molecule has 0 fully saturated rings. The molecule has 0 spiro atoms. The lowest BCUT2D eigenvalue weighted by atomic mass is 9.84. The van der Waals surface area contributed by atoms with Crippen molar-refractivity contribution in [1.29, 1.82) is 0 Å². The summed E-state index contributed by atoms with van der Waals surface area (Å²) in [6.45, 7) is 0. The number of nitrogens with zero attached hydrogens (tertiary/aromatic N) is 1. The van der Waals surface area contributed by atoms with Crippen molar-refractivity contribution in [2.24, 2.45) is 0 Å². The van der Waals surface area contributed by atoms with Crippen molar-refractivity contribution in [3.05, 3.63) is 187 Å². The van der Waals surface area contributed by atoms with Gasteiger partial charge in [-0.3, -0.25) is 0 Å². The van der Waals surface area contributed by atoms with Gasteiger partial charge in [-0.1, -0.05) is 152 Å². The molecule has 44 heavy (non-hydrogen) atoms. The molecule has 0 aliphatic heterocycles. The van der Waals surface area contributed by atoms with Crippen LogP contribution >= 0.6 is 0 Å². The predicted octanol–water partition coefficient (Wildman–Crippen LogP) is 11.5. The fraction of sp³-hybridized carbons (Fsp3) is 0.0930. The van der Waals surface area contributed by atoms with Gasteiger partial charge >= 0.3 is 0 Å². The van der Waals surface area contributed by atoms with Gasteiger partial charge in [-0.25, -0.2) is 4.98 Å². The summed E-state index contributed by atoms with van der Waals surface area (Å²) < 4.78 is 0. The van der Waals surface area contributed by atoms with Crippen LogP contribution in [-0.4, -0.2) is 4.98 Å². The van der Waals surface area contributed by atoms with Crippen molar-refractivity contribution in [3.8, 4) is 33.6 Å². The highest BCUT2D eigenvalue weighted by molar-refractivity contribution is 5.86. The minimum Gasteiger partial charge on any atom is -0.248 e. The molecular weight excluding hydrogens is 530 g/mol. The second kappa shape index (κ2) is 12.9. The second-order valence-corrected chi connectivity index (χ2v) is 11.5. The molecule has 1 atom stereocenters. The Morgan fingerprint density at radius 3 is 1.68 bits per heavy atom. The van der Waals surface area contributed by atoms with E-state index >= 15 is 0 Å². The quantitative estimate of drug-likeness (QED) is 0.196. The molecule has 0 saturated carbocycles. The third-order valence-corrected chi connectivity index (χ3v) is 8.54. The van der Waals surface area contributed by atoms with E-state index in [1.807, 2.05) is 0 Å². The Morgan fingerprint density at radius 2 is 1.00 bits per heavy atom. The molecule has 0 bridgehead atoms. The summed E-state index contributed by atoms with van der Waals surface area (Å²) in [5.41, 5.74) is 13.2. The average molecular weight is 566 g/mol. The molecule has 0 saturated heterocycles. The van der Waals surface area contributed by atoms with Gasteiger partial charge in [-0.15, -0.1) is 0 Å². The molecule has 1 aliphatic rings. The average Bonchev–Trinajstić information content (AvgIpc) is 3.10. The first-order chi connectivity index (χ1) is 21.8. The van der Waals surface area contributed by atoms with Crippen molar-refractivity contribution in [3.63, 3.8) is 0 Å². The zero-order valence-corrected chi connectivity index (χ0v) is 24.8. The Hall–Kier alpha value is -5.27. The first-order valence-corrected chi connectivity index (χ1v) is 15.6. The second-order valence-electron chi connectivity index (χ2n) is 11.5. The highest BCUT2D eigenvalue weighted by atomic mass is 14.7. The van der Waals surface area contributed by atoms with E-state index in [4.69, 9.17) is 4.98 Å². The standard InChI is InChI=1S/C43H35N/c1-5-15-32(16-6-1)36-23-13-24-38(29-40(28-36)33-17-7-2-8-18-33)37-25-14-26-39(27-37)43-31-41(34-19-9-3-10-20-34)30-42(44-43)35-21-11-4-12-22-35/h1-12,14-22,25-31,36H,13,23-24H2/b38-29+,40-28+. The Kier molecular flexibility index (Phi) is 8.10. The third-order valence-electron chi connectivity index (χ3n) is 8.54. The fourth-order valence-electron chi connectivity index (χ4n) is 6.23. The van der Waals surface area contributed by atoms with Gasteiger partial charge < -0.3 is 0 Å². The van der Waals surface area contributed by atoms with Gasteiger partial charge in [-0.05, 0) is 76.4 Å². The molecule has 1 nitrogen and oxygen atoms in total. The van der Waals surface area contributed by atoms with Crippen molar-refractivity contribution in [1.82, 2.24) is 4.98 Å². The number of aromatic nitrogens is 1. The molecular formula is C43H35N. The van der Waals surface area contributed by atoms with Crippen molar-refractivity contribution in [2.75, 3.05) is 0 Å². The summed E-state index contributed by atoms with van der Waals surface area (Å²) >= 11 is 0. The minimum absolute atomic E-state index is 0.400. The summed E-state index contributed by atoms with van der Waals surface area (Å²) in [5, 5.41) is 0. The van der Waals surface area contributed by atoms with Gasteiger partial charge in [-0.2, -0.15) is 0 Å². The number of allylic oxidation sites excluding steroid dienone is 4. The monoisotopic (exact) mass is 565 g/mol. The molecule has 6 aromatic rings. The van der Waals surface area contributed by atoms with E-state index in [0.29, 0.717) is 5.92 Å². The van der Waals surface area contributed by atoms with E-state index in [-0.39, 0.29) is 0 Å². The van der Waals surface area contributed by atoms with E-state index in [0.717, 1.165) is 41.8 Å². The minimum atomic E-state index is 0.400. The van der Waals surface area contributed by atoms with Crippen LogP contribution < -0.4 is 0 Å². The molecule has 0 amide bonds. The van der Waals surface area contributed by atoms with Crippen LogP contribution in [0, 0.1) is 0 Å². The highest BCUT2D eigenvalue weighted by Crippen LogP contribution is 2.37. The molecule has 0 N–H and O–H groups in total. The summed E-state index contributed by atoms with van der Waals surface area (Å²) in [6.07, 6.45) is 8.19. The van der Waals surface area contributed by atoms with Crippen molar-refractivity contribution in [2.45, 2.75) is 25.2 Å². The summed E-state index contributed by atoms with van der Waals surface area (Å²) in [6, 6.07) is 56.2. The summed E-state index contributed by atoms with van der Waals surface area (Å²) in [7, 11) is 0. The topological polar surface area (TPSA) is 12.9 Å². The van der Waals surface area contributed by atoms with Gasteiger partial charge in [0.1, 0.15) is 0 Å². The summed E-state index contributed by atoms with van der Waals surface area (Å²) in [4.78, 5) is 5.19. The fourth-order valence-corrected chi connectivity index (χ4v) is 6.23. The van der Waals surface area contributed by atoms with Crippen LogP contribution in [0.2, 0.25) is 0 Å².